The summed E-state index contributed by atoms with van der Waals surface area (Å²) < 4.78 is 0. The molecule has 3 nitrogen and oxygen atoms in total. The van der Waals surface area contributed by atoms with Crippen molar-refractivity contribution in [3.8, 4) is 0 Å². The molecule has 4 rings (SSSR count). The van der Waals surface area contributed by atoms with Crippen LogP contribution in [0.5, 0.6) is 0 Å². The molecule has 0 bridgehead atoms. The third kappa shape index (κ3) is 2.48. The first kappa shape index (κ1) is 13.9. The smallest absolute Gasteiger partial charge is 0.167 e. The van der Waals surface area contributed by atoms with Crippen molar-refractivity contribution < 1.29 is 4.79 Å². The highest BCUT2D eigenvalue weighted by Gasteiger charge is 2.32. The highest BCUT2D eigenvalue weighted by atomic mass is 16.1. The second kappa shape index (κ2) is 5.51. The molecule has 1 fully saturated rings. The normalized spacial score (nSPS) is 20.1. The van der Waals surface area contributed by atoms with Gasteiger partial charge in [0, 0.05) is 12.1 Å². The number of benzene rings is 2. The summed E-state index contributed by atoms with van der Waals surface area (Å²) in [5.41, 5.74) is 5.66. The summed E-state index contributed by atoms with van der Waals surface area (Å²) in [5, 5.41) is 3.35. The number of carbonyl (C=O) groups is 1. The van der Waals surface area contributed by atoms with Gasteiger partial charge in [-0.25, -0.2) is 0 Å². The maximum atomic E-state index is 12.7. The zero-order chi connectivity index (χ0) is 15.8. The number of aliphatic imine (C=N–C) groups is 1. The second-order valence-electron chi connectivity index (χ2n) is 6.14. The summed E-state index contributed by atoms with van der Waals surface area (Å²) in [7, 11) is 0. The number of hydrogen-bond acceptors (Lipinski definition) is 3. The van der Waals surface area contributed by atoms with Crippen LogP contribution in [0.1, 0.15) is 31.2 Å². The largest absolute Gasteiger partial charge is 0.357 e. The van der Waals surface area contributed by atoms with Gasteiger partial charge in [-0.2, -0.15) is 0 Å². The van der Waals surface area contributed by atoms with Crippen molar-refractivity contribution in [1.29, 1.82) is 0 Å². The van der Waals surface area contributed by atoms with E-state index in [0.29, 0.717) is 6.42 Å². The van der Waals surface area contributed by atoms with Gasteiger partial charge in [0.2, 0.25) is 0 Å². The highest BCUT2D eigenvalue weighted by molar-refractivity contribution is 6.26. The van der Waals surface area contributed by atoms with E-state index in [4.69, 9.17) is 4.99 Å². The van der Waals surface area contributed by atoms with Crippen molar-refractivity contribution in [2.75, 3.05) is 5.32 Å². The van der Waals surface area contributed by atoms with Crippen molar-refractivity contribution >= 4 is 22.9 Å². The number of nitrogens with one attached hydrogen (secondary N) is 1. The minimum absolute atomic E-state index is 0.182. The summed E-state index contributed by atoms with van der Waals surface area (Å²) in [5.74, 6) is 0.394. The number of anilines is 1. The summed E-state index contributed by atoms with van der Waals surface area (Å²) in [4.78, 5) is 17.6. The van der Waals surface area contributed by atoms with Gasteiger partial charge in [-0.3, -0.25) is 9.79 Å². The van der Waals surface area contributed by atoms with Crippen molar-refractivity contribution in [2.24, 2.45) is 4.99 Å². The predicted molar refractivity (Wildman–Crippen MR) is 93.3 cm³/mol. The number of nitrogens with zero attached hydrogens (tertiary/aromatic N) is 1. The molecule has 2 aliphatic rings. The molecule has 3 heteroatoms. The maximum absolute atomic E-state index is 12.7. The number of rotatable bonds is 1. The van der Waals surface area contributed by atoms with E-state index in [1.54, 1.807) is 0 Å². The van der Waals surface area contributed by atoms with Gasteiger partial charge in [0.05, 0.1) is 22.7 Å². The molecule has 2 aromatic carbocycles. The topological polar surface area (TPSA) is 41.5 Å². The minimum atomic E-state index is 0.182. The van der Waals surface area contributed by atoms with E-state index in [1.165, 1.54) is 5.56 Å². The van der Waals surface area contributed by atoms with Gasteiger partial charge >= 0.3 is 0 Å². The van der Waals surface area contributed by atoms with Gasteiger partial charge in [-0.15, -0.1) is 0 Å². The summed E-state index contributed by atoms with van der Waals surface area (Å²) in [6.07, 6.45) is 1.35. The number of hydrogen-bond donors (Lipinski definition) is 1. The molecule has 1 saturated carbocycles. The maximum Gasteiger partial charge on any atom is 0.167 e. The van der Waals surface area contributed by atoms with Crippen LogP contribution in [0.15, 0.2) is 70.9 Å². The van der Waals surface area contributed by atoms with Crippen LogP contribution >= 0.6 is 0 Å². The Morgan fingerprint density at radius 3 is 2.57 bits per heavy atom. The zero-order valence-electron chi connectivity index (χ0n) is 13.0. The fraction of sp³-hybridized carbons (Fsp3) is 0.200. The van der Waals surface area contributed by atoms with Gasteiger partial charge < -0.3 is 5.32 Å². The number of carbonyl (C=O) groups excluding carboxylic acids is 1. The standard InChI is InChI=1S/C20H18N2O/c1-13-20-18(22-17-10-6-5-9-16(17)21-13)11-15(12-19(20)23)14-7-3-2-4-8-14/h2-10,15,21H,11-12H2,1H3/t15-/m0/s1. The molecule has 1 aliphatic carbocycles. The SMILES string of the molecule is CC1=C2C(=O)C[C@@H](c3ccccc3)CC2=Nc2ccccc2N1. The van der Waals surface area contributed by atoms with Gasteiger partial charge in [-0.1, -0.05) is 42.5 Å². The number of fused-ring (bicyclic) bond motifs is 2. The van der Waals surface area contributed by atoms with Gasteiger partial charge in [0.25, 0.3) is 0 Å². The molecular formula is C20H18N2O. The Morgan fingerprint density at radius 2 is 1.74 bits per heavy atom. The van der Waals surface area contributed by atoms with Crippen LogP contribution in [-0.4, -0.2) is 11.5 Å². The lowest BCUT2D eigenvalue weighted by Gasteiger charge is -2.25. The molecule has 23 heavy (non-hydrogen) atoms. The quantitative estimate of drug-likeness (QED) is 0.836. The van der Waals surface area contributed by atoms with Crippen LogP contribution < -0.4 is 5.32 Å². The summed E-state index contributed by atoms with van der Waals surface area (Å²) >= 11 is 0. The predicted octanol–water partition coefficient (Wildman–Crippen LogP) is 4.61. The molecule has 0 amide bonds. The van der Waals surface area contributed by atoms with E-state index in [0.717, 1.165) is 34.8 Å². The average Bonchev–Trinajstić information content (AvgIpc) is 2.71. The van der Waals surface area contributed by atoms with Crippen molar-refractivity contribution in [3.63, 3.8) is 0 Å². The Labute approximate surface area is 135 Å². The summed E-state index contributed by atoms with van der Waals surface area (Å²) in [6.45, 7) is 1.97. The Hall–Kier alpha value is -2.68. The van der Waals surface area contributed by atoms with Crippen molar-refractivity contribution in [3.05, 3.63) is 71.4 Å². The third-order valence-electron chi connectivity index (χ3n) is 4.57. The van der Waals surface area contributed by atoms with E-state index in [2.05, 4.69) is 17.4 Å². The van der Waals surface area contributed by atoms with Crippen LogP contribution in [0, 0.1) is 0 Å². The van der Waals surface area contributed by atoms with Crippen LogP contribution in [-0.2, 0) is 4.79 Å². The first-order valence-electron chi connectivity index (χ1n) is 7.95. The van der Waals surface area contributed by atoms with Gasteiger partial charge in [0.1, 0.15) is 0 Å². The fourth-order valence-corrected chi connectivity index (χ4v) is 3.47. The van der Waals surface area contributed by atoms with Crippen LogP contribution in [0.2, 0.25) is 0 Å². The highest BCUT2D eigenvalue weighted by Crippen LogP contribution is 2.38. The number of Topliss-reactive ketones (excluding diaryl/α,β-unsaturated/α-hetero) is 1. The first-order chi connectivity index (χ1) is 11.2. The number of para-hydroxylation sites is 2. The minimum Gasteiger partial charge on any atom is -0.357 e. The molecule has 1 aliphatic heterocycles. The fourth-order valence-electron chi connectivity index (χ4n) is 3.47. The van der Waals surface area contributed by atoms with Crippen LogP contribution in [0.4, 0.5) is 11.4 Å². The van der Waals surface area contributed by atoms with E-state index in [1.807, 2.05) is 49.4 Å². The van der Waals surface area contributed by atoms with Gasteiger partial charge in [-0.05, 0) is 37.0 Å². The Balaban J connectivity index is 1.79. The molecule has 2 aromatic rings. The summed E-state index contributed by atoms with van der Waals surface area (Å²) in [6, 6.07) is 18.2. The molecular weight excluding hydrogens is 284 g/mol. The van der Waals surface area contributed by atoms with Crippen LogP contribution in [0.3, 0.4) is 0 Å². The van der Waals surface area contributed by atoms with Crippen molar-refractivity contribution in [2.45, 2.75) is 25.7 Å². The molecule has 0 saturated heterocycles. The monoisotopic (exact) mass is 302 g/mol. The Morgan fingerprint density at radius 1 is 1.00 bits per heavy atom. The average molecular weight is 302 g/mol. The second-order valence-corrected chi connectivity index (χ2v) is 6.14. The molecule has 0 spiro atoms. The van der Waals surface area contributed by atoms with Crippen LogP contribution in [0.25, 0.3) is 0 Å². The van der Waals surface area contributed by atoms with E-state index in [9.17, 15) is 4.79 Å². The molecule has 114 valence electrons. The lowest BCUT2D eigenvalue weighted by Crippen LogP contribution is -2.26. The molecule has 0 aromatic heterocycles. The van der Waals surface area contributed by atoms with E-state index in [-0.39, 0.29) is 11.7 Å². The lowest BCUT2D eigenvalue weighted by atomic mass is 9.79. The molecule has 0 unspecified atom stereocenters. The number of ketones is 1. The Bertz CT molecular complexity index is 834. The van der Waals surface area contributed by atoms with Crippen molar-refractivity contribution in [1.82, 2.24) is 0 Å². The molecule has 1 heterocycles. The molecule has 0 radical (unpaired) electrons. The molecule has 1 N–H and O–H groups in total. The Kier molecular flexibility index (Phi) is 3.34. The lowest BCUT2D eigenvalue weighted by molar-refractivity contribution is -0.115. The third-order valence-corrected chi connectivity index (χ3v) is 4.57. The van der Waals surface area contributed by atoms with E-state index >= 15 is 0 Å². The van der Waals surface area contributed by atoms with E-state index < -0.39 is 0 Å². The first-order valence-corrected chi connectivity index (χ1v) is 7.95. The zero-order valence-corrected chi connectivity index (χ0v) is 13.0. The van der Waals surface area contributed by atoms with Gasteiger partial charge in [0.15, 0.2) is 5.78 Å². The number of allylic oxidation sites excluding steroid dienone is 2. The molecule has 1 atom stereocenters.